The van der Waals surface area contributed by atoms with Gasteiger partial charge < -0.3 is 9.64 Å². The van der Waals surface area contributed by atoms with Crippen LogP contribution in [0, 0.1) is 6.92 Å². The van der Waals surface area contributed by atoms with E-state index >= 15 is 0 Å². The molecule has 4 rings (SSSR count). The van der Waals surface area contributed by atoms with Crippen LogP contribution in [0.4, 0.5) is 5.82 Å². The summed E-state index contributed by atoms with van der Waals surface area (Å²) < 4.78 is 5.81. The SMILES string of the molecule is Cc1ccc(N2CCC3(CCN3CC3CCCO3)C2)nn1. The van der Waals surface area contributed by atoms with Gasteiger partial charge in [0.15, 0.2) is 5.82 Å². The van der Waals surface area contributed by atoms with Crippen molar-refractivity contribution in [2.45, 2.75) is 44.2 Å². The van der Waals surface area contributed by atoms with E-state index in [0.29, 0.717) is 11.6 Å². The summed E-state index contributed by atoms with van der Waals surface area (Å²) in [5.74, 6) is 1.03. The predicted molar refractivity (Wildman–Crippen MR) is 81.5 cm³/mol. The molecule has 1 aromatic heterocycles. The van der Waals surface area contributed by atoms with E-state index in [1.807, 2.05) is 6.92 Å². The van der Waals surface area contributed by atoms with Crippen molar-refractivity contribution in [2.75, 3.05) is 37.7 Å². The van der Waals surface area contributed by atoms with Crippen molar-refractivity contribution in [3.05, 3.63) is 17.8 Å². The number of anilines is 1. The summed E-state index contributed by atoms with van der Waals surface area (Å²) in [5, 5.41) is 8.54. The maximum absolute atomic E-state index is 5.81. The van der Waals surface area contributed by atoms with Crippen LogP contribution < -0.4 is 4.90 Å². The van der Waals surface area contributed by atoms with Crippen molar-refractivity contribution in [3.63, 3.8) is 0 Å². The van der Waals surface area contributed by atoms with Gasteiger partial charge in [0, 0.05) is 38.3 Å². The number of aromatic nitrogens is 2. The fourth-order valence-corrected chi connectivity index (χ4v) is 3.98. The van der Waals surface area contributed by atoms with Gasteiger partial charge in [-0.2, -0.15) is 5.10 Å². The summed E-state index contributed by atoms with van der Waals surface area (Å²) in [7, 11) is 0. The third-order valence-electron chi connectivity index (χ3n) is 5.41. The molecule has 0 amide bonds. The summed E-state index contributed by atoms with van der Waals surface area (Å²) in [6.45, 7) is 7.48. The second-order valence-corrected chi connectivity index (χ2v) is 6.76. The zero-order chi connectivity index (χ0) is 14.3. The second kappa shape index (κ2) is 5.21. The first-order valence-electron chi connectivity index (χ1n) is 8.17. The van der Waals surface area contributed by atoms with Crippen molar-refractivity contribution >= 4 is 5.82 Å². The van der Waals surface area contributed by atoms with Gasteiger partial charge in [0.05, 0.1) is 11.8 Å². The summed E-state index contributed by atoms with van der Waals surface area (Å²) >= 11 is 0. The van der Waals surface area contributed by atoms with Crippen LogP contribution in [-0.2, 0) is 4.74 Å². The first-order chi connectivity index (χ1) is 10.3. The van der Waals surface area contributed by atoms with Crippen LogP contribution in [0.15, 0.2) is 12.1 Å². The Labute approximate surface area is 126 Å². The molecule has 4 heterocycles. The Morgan fingerprint density at radius 1 is 1.29 bits per heavy atom. The fourth-order valence-electron chi connectivity index (χ4n) is 3.98. The third-order valence-corrected chi connectivity index (χ3v) is 5.41. The topological polar surface area (TPSA) is 41.5 Å². The molecule has 3 aliphatic rings. The molecule has 114 valence electrons. The molecular formula is C16H24N4O. The van der Waals surface area contributed by atoms with Gasteiger partial charge in [-0.05, 0) is 44.7 Å². The van der Waals surface area contributed by atoms with Gasteiger partial charge in [0.2, 0.25) is 0 Å². The largest absolute Gasteiger partial charge is 0.377 e. The van der Waals surface area contributed by atoms with Gasteiger partial charge >= 0.3 is 0 Å². The van der Waals surface area contributed by atoms with Crippen LogP contribution in [0.1, 0.15) is 31.4 Å². The number of nitrogens with zero attached hydrogens (tertiary/aromatic N) is 4. The van der Waals surface area contributed by atoms with Gasteiger partial charge in [-0.3, -0.25) is 4.90 Å². The van der Waals surface area contributed by atoms with Crippen molar-refractivity contribution < 1.29 is 4.74 Å². The molecule has 0 aliphatic carbocycles. The van der Waals surface area contributed by atoms with Gasteiger partial charge in [-0.15, -0.1) is 5.10 Å². The van der Waals surface area contributed by atoms with Crippen LogP contribution in [0.25, 0.3) is 0 Å². The Morgan fingerprint density at radius 3 is 2.86 bits per heavy atom. The lowest BCUT2D eigenvalue weighted by atomic mass is 9.83. The minimum absolute atomic E-state index is 0.374. The average molecular weight is 288 g/mol. The zero-order valence-corrected chi connectivity index (χ0v) is 12.8. The Hall–Kier alpha value is -1.20. The van der Waals surface area contributed by atoms with Crippen molar-refractivity contribution in [1.29, 1.82) is 0 Å². The molecule has 0 radical (unpaired) electrons. The second-order valence-electron chi connectivity index (χ2n) is 6.76. The quantitative estimate of drug-likeness (QED) is 0.845. The minimum Gasteiger partial charge on any atom is -0.377 e. The lowest BCUT2D eigenvalue weighted by Crippen LogP contribution is -2.62. The molecule has 21 heavy (non-hydrogen) atoms. The highest BCUT2D eigenvalue weighted by atomic mass is 16.5. The maximum atomic E-state index is 5.81. The lowest BCUT2D eigenvalue weighted by molar-refractivity contribution is -0.0367. The normalized spacial score (nSPS) is 32.8. The molecule has 2 unspecified atom stereocenters. The Bertz CT molecular complexity index is 500. The van der Waals surface area contributed by atoms with Gasteiger partial charge in [0.1, 0.15) is 0 Å². The molecule has 0 bridgehead atoms. The molecular weight excluding hydrogens is 264 g/mol. The number of hydrogen-bond acceptors (Lipinski definition) is 5. The van der Waals surface area contributed by atoms with E-state index in [-0.39, 0.29) is 0 Å². The van der Waals surface area contributed by atoms with Crippen LogP contribution >= 0.6 is 0 Å². The standard InChI is InChI=1S/C16H24N4O/c1-13-4-5-15(18-17-13)19-8-6-16(12-19)7-9-20(16)11-14-3-2-10-21-14/h4-5,14H,2-3,6-12H2,1H3. The molecule has 2 atom stereocenters. The van der Waals surface area contributed by atoms with E-state index in [9.17, 15) is 0 Å². The van der Waals surface area contributed by atoms with Gasteiger partial charge in [0.25, 0.3) is 0 Å². The number of ether oxygens (including phenoxy) is 1. The number of hydrogen-bond donors (Lipinski definition) is 0. The Morgan fingerprint density at radius 2 is 2.19 bits per heavy atom. The Balaban J connectivity index is 1.41. The van der Waals surface area contributed by atoms with Crippen molar-refractivity contribution in [3.8, 4) is 0 Å². The summed E-state index contributed by atoms with van der Waals surface area (Å²) in [5.41, 5.74) is 1.36. The highest BCUT2D eigenvalue weighted by molar-refractivity contribution is 5.41. The number of aryl methyl sites for hydroxylation is 1. The Kier molecular flexibility index (Phi) is 3.34. The van der Waals surface area contributed by atoms with Gasteiger partial charge in [-0.1, -0.05) is 0 Å². The van der Waals surface area contributed by atoms with Crippen LogP contribution in [0.2, 0.25) is 0 Å². The van der Waals surface area contributed by atoms with E-state index < -0.39 is 0 Å². The fraction of sp³-hybridized carbons (Fsp3) is 0.750. The molecule has 1 aromatic rings. The van der Waals surface area contributed by atoms with E-state index in [1.165, 1.54) is 32.2 Å². The molecule has 3 saturated heterocycles. The first-order valence-corrected chi connectivity index (χ1v) is 8.17. The van der Waals surface area contributed by atoms with E-state index in [2.05, 4.69) is 32.1 Å². The molecule has 5 heteroatoms. The summed E-state index contributed by atoms with van der Waals surface area (Å²) in [4.78, 5) is 5.05. The van der Waals surface area contributed by atoms with E-state index in [0.717, 1.165) is 37.8 Å². The van der Waals surface area contributed by atoms with Crippen LogP contribution in [0.3, 0.4) is 0 Å². The third kappa shape index (κ3) is 2.42. The van der Waals surface area contributed by atoms with E-state index in [4.69, 9.17) is 4.74 Å². The van der Waals surface area contributed by atoms with E-state index in [1.54, 1.807) is 0 Å². The number of rotatable bonds is 3. The first kappa shape index (κ1) is 13.5. The smallest absolute Gasteiger partial charge is 0.151 e. The lowest BCUT2D eigenvalue weighted by Gasteiger charge is -2.51. The highest BCUT2D eigenvalue weighted by Gasteiger charge is 2.50. The zero-order valence-electron chi connectivity index (χ0n) is 12.8. The highest BCUT2D eigenvalue weighted by Crippen LogP contribution is 2.40. The van der Waals surface area contributed by atoms with Crippen molar-refractivity contribution in [1.82, 2.24) is 15.1 Å². The molecule has 0 aromatic carbocycles. The molecule has 0 saturated carbocycles. The van der Waals surface area contributed by atoms with Crippen LogP contribution in [0.5, 0.6) is 0 Å². The molecule has 3 aliphatic heterocycles. The monoisotopic (exact) mass is 288 g/mol. The summed E-state index contributed by atoms with van der Waals surface area (Å²) in [6, 6.07) is 4.16. The molecule has 3 fully saturated rings. The number of likely N-dealkylation sites (tertiary alicyclic amines) is 1. The molecule has 5 nitrogen and oxygen atoms in total. The van der Waals surface area contributed by atoms with Gasteiger partial charge in [-0.25, -0.2) is 0 Å². The molecule has 1 spiro atoms. The predicted octanol–water partition coefficient (Wildman–Crippen LogP) is 1.62. The minimum atomic E-state index is 0.374. The van der Waals surface area contributed by atoms with Crippen LogP contribution in [-0.4, -0.2) is 59.5 Å². The average Bonchev–Trinajstić information content (AvgIpc) is 3.15. The molecule has 0 N–H and O–H groups in total. The maximum Gasteiger partial charge on any atom is 0.151 e. The van der Waals surface area contributed by atoms with Crippen molar-refractivity contribution in [2.24, 2.45) is 0 Å². The summed E-state index contributed by atoms with van der Waals surface area (Å²) in [6.07, 6.45) is 5.50.